The number of nitrogens with one attached hydrogen (secondary N) is 2. The maximum absolute atomic E-state index is 14.1. The van der Waals surface area contributed by atoms with E-state index in [0.29, 0.717) is 0 Å². The highest BCUT2D eigenvalue weighted by atomic mass is 32.2. The molecular formula is C14H13FN6O2S. The number of rotatable bonds is 5. The normalized spacial score (nSPS) is 10.0. The lowest BCUT2D eigenvalue weighted by Gasteiger charge is -2.20. The first-order chi connectivity index (χ1) is 11.2. The molecule has 0 bridgehead atoms. The molecule has 1 rings (SSSR count). The standard InChI is InChI=1S/C14H13FN6O2S/c1-19-24(22,23)14-5-11(13(21(2)3)4-10(14)15)20-12(8-18)9(6-16)7-17/h4-5,19-20H,1-3H3. The Bertz CT molecular complexity index is 900. The quantitative estimate of drug-likeness (QED) is 0.759. The van der Waals surface area contributed by atoms with Crippen molar-refractivity contribution >= 4 is 21.4 Å². The number of anilines is 2. The Balaban J connectivity index is 3.67. The molecule has 0 saturated heterocycles. The van der Waals surface area contributed by atoms with Crippen LogP contribution in [0.3, 0.4) is 0 Å². The van der Waals surface area contributed by atoms with Gasteiger partial charge in [-0.1, -0.05) is 0 Å². The first kappa shape index (κ1) is 18.9. The number of halogens is 1. The van der Waals surface area contributed by atoms with Crippen LogP contribution in [0.25, 0.3) is 0 Å². The van der Waals surface area contributed by atoms with Gasteiger partial charge in [-0.2, -0.15) is 15.8 Å². The van der Waals surface area contributed by atoms with Crippen LogP contribution in [0.2, 0.25) is 0 Å². The first-order valence-corrected chi connectivity index (χ1v) is 7.86. The van der Waals surface area contributed by atoms with Crippen LogP contribution in [0.15, 0.2) is 28.3 Å². The van der Waals surface area contributed by atoms with Crippen LogP contribution in [0.5, 0.6) is 0 Å². The first-order valence-electron chi connectivity index (χ1n) is 6.37. The fourth-order valence-corrected chi connectivity index (χ4v) is 2.56. The molecule has 2 N–H and O–H groups in total. The van der Waals surface area contributed by atoms with Crippen molar-refractivity contribution in [1.82, 2.24) is 4.72 Å². The van der Waals surface area contributed by atoms with Crippen LogP contribution >= 0.6 is 0 Å². The minimum atomic E-state index is -4.08. The molecule has 0 aliphatic heterocycles. The number of hydrogen-bond acceptors (Lipinski definition) is 7. The van der Waals surface area contributed by atoms with Crippen LogP contribution in [0.4, 0.5) is 15.8 Å². The minimum absolute atomic E-state index is 0.0507. The molecule has 0 unspecified atom stereocenters. The Morgan fingerprint density at radius 2 is 1.75 bits per heavy atom. The van der Waals surface area contributed by atoms with Crippen molar-refractivity contribution in [2.24, 2.45) is 0 Å². The second-order valence-electron chi connectivity index (χ2n) is 4.61. The zero-order valence-corrected chi connectivity index (χ0v) is 13.9. The van der Waals surface area contributed by atoms with Gasteiger partial charge in [0.15, 0.2) is 5.57 Å². The Morgan fingerprint density at radius 1 is 1.17 bits per heavy atom. The van der Waals surface area contributed by atoms with Crippen LogP contribution in [0, 0.1) is 39.8 Å². The van der Waals surface area contributed by atoms with Gasteiger partial charge in [0.25, 0.3) is 0 Å². The van der Waals surface area contributed by atoms with E-state index < -0.39 is 26.3 Å². The molecule has 0 atom stereocenters. The van der Waals surface area contributed by atoms with E-state index in [2.05, 4.69) is 5.32 Å². The van der Waals surface area contributed by atoms with Crippen molar-refractivity contribution in [3.8, 4) is 18.2 Å². The molecule has 0 aromatic heterocycles. The molecule has 10 heteroatoms. The zero-order chi connectivity index (χ0) is 18.5. The maximum atomic E-state index is 14.1. The van der Waals surface area contributed by atoms with Gasteiger partial charge >= 0.3 is 0 Å². The highest BCUT2D eigenvalue weighted by Gasteiger charge is 2.22. The number of hydrogen-bond donors (Lipinski definition) is 2. The van der Waals surface area contributed by atoms with Gasteiger partial charge < -0.3 is 10.2 Å². The van der Waals surface area contributed by atoms with Crippen LogP contribution in [-0.2, 0) is 10.0 Å². The van der Waals surface area contributed by atoms with Crippen molar-refractivity contribution in [2.45, 2.75) is 4.90 Å². The van der Waals surface area contributed by atoms with Crippen LogP contribution < -0.4 is 14.9 Å². The third kappa shape index (κ3) is 3.79. The van der Waals surface area contributed by atoms with E-state index in [1.165, 1.54) is 4.90 Å². The molecule has 24 heavy (non-hydrogen) atoms. The SMILES string of the molecule is CNS(=O)(=O)c1cc(NC(C#N)=C(C#N)C#N)c(N(C)C)cc1F. The summed E-state index contributed by atoms with van der Waals surface area (Å²) >= 11 is 0. The van der Waals surface area contributed by atoms with Crippen LogP contribution in [-0.4, -0.2) is 29.6 Å². The van der Waals surface area contributed by atoms with Crippen molar-refractivity contribution in [2.75, 3.05) is 31.4 Å². The van der Waals surface area contributed by atoms with Crippen molar-refractivity contribution in [1.29, 1.82) is 15.8 Å². The lowest BCUT2D eigenvalue weighted by molar-refractivity contribution is 0.561. The largest absolute Gasteiger partial charge is 0.376 e. The summed E-state index contributed by atoms with van der Waals surface area (Å²) < 4.78 is 39.9. The smallest absolute Gasteiger partial charge is 0.243 e. The van der Waals surface area contributed by atoms with Gasteiger partial charge in [0.05, 0.1) is 11.4 Å². The average Bonchev–Trinajstić information content (AvgIpc) is 2.55. The van der Waals surface area contributed by atoms with Crippen LogP contribution in [0.1, 0.15) is 0 Å². The zero-order valence-electron chi connectivity index (χ0n) is 13.0. The Hall–Kier alpha value is -3.13. The van der Waals surface area contributed by atoms with Gasteiger partial charge in [0.1, 0.15) is 34.6 Å². The number of nitriles is 3. The van der Waals surface area contributed by atoms with Gasteiger partial charge in [-0.05, 0) is 13.1 Å². The number of allylic oxidation sites excluding steroid dienone is 2. The summed E-state index contributed by atoms with van der Waals surface area (Å²) in [5.41, 5.74) is -0.577. The summed E-state index contributed by atoms with van der Waals surface area (Å²) in [4.78, 5) is 0.847. The average molecular weight is 348 g/mol. The lowest BCUT2D eigenvalue weighted by atomic mass is 10.2. The molecule has 0 radical (unpaired) electrons. The molecule has 0 aliphatic carbocycles. The lowest BCUT2D eigenvalue weighted by Crippen LogP contribution is -2.21. The summed E-state index contributed by atoms with van der Waals surface area (Å²) in [6, 6.07) is 6.72. The van der Waals surface area contributed by atoms with Crippen molar-refractivity contribution < 1.29 is 12.8 Å². The fraction of sp³-hybridized carbons (Fsp3) is 0.214. The van der Waals surface area contributed by atoms with E-state index in [4.69, 9.17) is 15.8 Å². The number of benzene rings is 1. The molecule has 0 saturated carbocycles. The van der Waals surface area contributed by atoms with Gasteiger partial charge in [0, 0.05) is 20.2 Å². The molecule has 1 aromatic carbocycles. The van der Waals surface area contributed by atoms with E-state index in [9.17, 15) is 12.8 Å². The maximum Gasteiger partial charge on any atom is 0.243 e. The molecule has 0 fully saturated rings. The van der Waals surface area contributed by atoms with Gasteiger partial charge in [0.2, 0.25) is 10.0 Å². The Kier molecular flexibility index (Phi) is 5.85. The molecule has 0 spiro atoms. The fourth-order valence-electron chi connectivity index (χ4n) is 1.75. The van der Waals surface area contributed by atoms with E-state index in [1.807, 2.05) is 4.72 Å². The molecule has 0 heterocycles. The molecule has 8 nitrogen and oxygen atoms in total. The summed E-state index contributed by atoms with van der Waals surface area (Å²) in [6.07, 6.45) is 0. The Labute approximate surface area is 139 Å². The number of sulfonamides is 1. The van der Waals surface area contributed by atoms with E-state index in [1.54, 1.807) is 32.3 Å². The molecule has 0 amide bonds. The van der Waals surface area contributed by atoms with Crippen molar-refractivity contribution in [3.05, 3.63) is 29.2 Å². The van der Waals surface area contributed by atoms with E-state index in [-0.39, 0.29) is 17.1 Å². The third-order valence-corrected chi connectivity index (χ3v) is 4.36. The molecule has 0 aliphatic rings. The monoisotopic (exact) mass is 348 g/mol. The summed E-state index contributed by atoms with van der Waals surface area (Å²) in [7, 11) is 0.212. The second-order valence-corrected chi connectivity index (χ2v) is 6.47. The van der Waals surface area contributed by atoms with Crippen molar-refractivity contribution in [3.63, 3.8) is 0 Å². The second kappa shape index (κ2) is 7.42. The van der Waals surface area contributed by atoms with E-state index >= 15 is 0 Å². The molecular weight excluding hydrogens is 335 g/mol. The Morgan fingerprint density at radius 3 is 2.17 bits per heavy atom. The van der Waals surface area contributed by atoms with Gasteiger partial charge in [-0.25, -0.2) is 17.5 Å². The summed E-state index contributed by atoms with van der Waals surface area (Å²) in [5, 5.41) is 29.3. The number of nitrogens with zero attached hydrogens (tertiary/aromatic N) is 4. The third-order valence-electron chi connectivity index (χ3n) is 2.94. The summed E-state index contributed by atoms with van der Waals surface area (Å²) in [5.74, 6) is -0.984. The minimum Gasteiger partial charge on any atom is -0.376 e. The predicted molar refractivity (Wildman–Crippen MR) is 84.5 cm³/mol. The topological polar surface area (TPSA) is 133 Å². The van der Waals surface area contributed by atoms with Gasteiger partial charge in [-0.3, -0.25) is 0 Å². The summed E-state index contributed by atoms with van der Waals surface area (Å²) in [6.45, 7) is 0. The highest BCUT2D eigenvalue weighted by Crippen LogP contribution is 2.31. The van der Waals surface area contributed by atoms with E-state index in [0.717, 1.165) is 19.2 Å². The molecule has 124 valence electrons. The molecule has 1 aromatic rings. The van der Waals surface area contributed by atoms with Gasteiger partial charge in [-0.15, -0.1) is 0 Å². The predicted octanol–water partition coefficient (Wildman–Crippen LogP) is 1.04. The highest BCUT2D eigenvalue weighted by molar-refractivity contribution is 7.89.